The van der Waals surface area contributed by atoms with Crippen molar-refractivity contribution < 1.29 is 14.7 Å². The number of hydrogen-bond donors (Lipinski definition) is 3. The average Bonchev–Trinajstić information content (AvgIpc) is 2.71. The molecule has 0 aliphatic carbocycles. The molecule has 18 heavy (non-hydrogen) atoms. The summed E-state index contributed by atoms with van der Waals surface area (Å²) in [7, 11) is 0. The van der Waals surface area contributed by atoms with E-state index >= 15 is 0 Å². The Bertz CT molecular complexity index is 292. The lowest BCUT2D eigenvalue weighted by Crippen LogP contribution is -2.40. The van der Waals surface area contributed by atoms with Gasteiger partial charge in [-0.05, 0) is 25.2 Å². The van der Waals surface area contributed by atoms with Gasteiger partial charge < -0.3 is 15.7 Å². The number of aliphatic hydroxyl groups excluding tert-OH is 1. The Hall–Kier alpha value is -1.10. The Morgan fingerprint density at radius 1 is 1.61 bits per heavy atom. The van der Waals surface area contributed by atoms with E-state index in [1.165, 1.54) is 0 Å². The molecule has 1 heterocycles. The van der Waals surface area contributed by atoms with Gasteiger partial charge in [0.25, 0.3) is 0 Å². The molecule has 1 rings (SSSR count). The summed E-state index contributed by atoms with van der Waals surface area (Å²) < 4.78 is 0. The van der Waals surface area contributed by atoms with Crippen LogP contribution < -0.4 is 10.6 Å². The Kier molecular flexibility index (Phi) is 6.12. The molecule has 5 nitrogen and oxygen atoms in total. The zero-order chi connectivity index (χ0) is 13.5. The minimum Gasteiger partial charge on any atom is -0.394 e. The van der Waals surface area contributed by atoms with Crippen LogP contribution in [0.3, 0.4) is 0 Å². The predicted octanol–water partition coefficient (Wildman–Crippen LogP) is 0.240. The van der Waals surface area contributed by atoms with Gasteiger partial charge in [0.2, 0.25) is 11.8 Å². The molecule has 0 aromatic carbocycles. The number of amides is 2. The third-order valence-electron chi connectivity index (χ3n) is 3.07. The van der Waals surface area contributed by atoms with Crippen molar-refractivity contribution in [3.05, 3.63) is 6.42 Å². The number of nitrogens with one attached hydrogen (secondary N) is 2. The summed E-state index contributed by atoms with van der Waals surface area (Å²) in [6.07, 6.45) is 3.60. The van der Waals surface area contributed by atoms with Gasteiger partial charge in [-0.3, -0.25) is 9.59 Å². The molecule has 1 saturated heterocycles. The number of hydrogen-bond acceptors (Lipinski definition) is 3. The first-order chi connectivity index (χ1) is 8.52. The molecule has 1 aliphatic heterocycles. The molecule has 1 aliphatic rings. The van der Waals surface area contributed by atoms with Gasteiger partial charge in [0, 0.05) is 18.9 Å². The Morgan fingerprint density at radius 2 is 2.33 bits per heavy atom. The Labute approximate surface area is 108 Å². The summed E-state index contributed by atoms with van der Waals surface area (Å²) in [6.45, 7) is 4.63. The van der Waals surface area contributed by atoms with Crippen LogP contribution in [0.4, 0.5) is 0 Å². The van der Waals surface area contributed by atoms with Crippen LogP contribution in [0.2, 0.25) is 0 Å². The molecule has 2 amide bonds. The molecule has 0 saturated carbocycles. The van der Waals surface area contributed by atoms with Crippen molar-refractivity contribution in [2.45, 2.75) is 39.2 Å². The summed E-state index contributed by atoms with van der Waals surface area (Å²) in [6, 6.07) is -0.338. The topological polar surface area (TPSA) is 78.4 Å². The first-order valence-corrected chi connectivity index (χ1v) is 6.55. The van der Waals surface area contributed by atoms with Gasteiger partial charge in [-0.1, -0.05) is 13.8 Å². The van der Waals surface area contributed by atoms with Gasteiger partial charge in [0.15, 0.2) is 0 Å². The zero-order valence-electron chi connectivity index (χ0n) is 11.1. The fourth-order valence-corrected chi connectivity index (χ4v) is 2.00. The fourth-order valence-electron chi connectivity index (χ4n) is 2.00. The van der Waals surface area contributed by atoms with Crippen LogP contribution in [0.15, 0.2) is 0 Å². The maximum absolute atomic E-state index is 11.6. The van der Waals surface area contributed by atoms with E-state index in [1.807, 2.05) is 13.8 Å². The van der Waals surface area contributed by atoms with E-state index in [0.717, 1.165) is 6.42 Å². The van der Waals surface area contributed by atoms with Crippen LogP contribution in [0.5, 0.6) is 0 Å². The van der Waals surface area contributed by atoms with Crippen molar-refractivity contribution in [2.75, 3.05) is 13.2 Å². The molecule has 0 bridgehead atoms. The molecule has 103 valence electrons. The van der Waals surface area contributed by atoms with Gasteiger partial charge in [-0.15, -0.1) is 0 Å². The second kappa shape index (κ2) is 7.36. The Morgan fingerprint density at radius 3 is 2.83 bits per heavy atom. The summed E-state index contributed by atoms with van der Waals surface area (Å²) in [5.41, 5.74) is 0. The highest BCUT2D eigenvalue weighted by molar-refractivity contribution is 5.85. The smallest absolute Gasteiger partial charge is 0.224 e. The molecular formula is C13H23N2O3. The van der Waals surface area contributed by atoms with Crippen molar-refractivity contribution in [3.63, 3.8) is 0 Å². The highest BCUT2D eigenvalue weighted by Crippen LogP contribution is 2.16. The van der Waals surface area contributed by atoms with Gasteiger partial charge in [-0.25, -0.2) is 0 Å². The van der Waals surface area contributed by atoms with Crippen LogP contribution in [0.1, 0.15) is 33.1 Å². The normalized spacial score (nSPS) is 20.9. The number of rotatable bonds is 7. The van der Waals surface area contributed by atoms with Crippen molar-refractivity contribution in [1.82, 2.24) is 10.6 Å². The zero-order valence-corrected chi connectivity index (χ0v) is 11.1. The average molecular weight is 255 g/mol. The molecule has 3 N–H and O–H groups in total. The van der Waals surface area contributed by atoms with Crippen molar-refractivity contribution in [1.29, 1.82) is 0 Å². The first kappa shape index (κ1) is 15.0. The van der Waals surface area contributed by atoms with Crippen molar-refractivity contribution in [2.24, 2.45) is 11.8 Å². The highest BCUT2D eigenvalue weighted by atomic mass is 16.3. The lowest BCUT2D eigenvalue weighted by Gasteiger charge is -2.18. The second-order valence-electron chi connectivity index (χ2n) is 5.23. The lowest BCUT2D eigenvalue weighted by molar-refractivity contribution is -0.124. The second-order valence-corrected chi connectivity index (χ2v) is 5.23. The van der Waals surface area contributed by atoms with Crippen LogP contribution in [-0.2, 0) is 9.59 Å². The van der Waals surface area contributed by atoms with Gasteiger partial charge in [0.1, 0.15) is 0 Å². The number of carbonyl (C=O) groups is 2. The minimum absolute atomic E-state index is 0.0221. The van der Waals surface area contributed by atoms with E-state index in [-0.39, 0.29) is 30.4 Å². The quantitative estimate of drug-likeness (QED) is 0.610. The van der Waals surface area contributed by atoms with Crippen LogP contribution in [-0.4, -0.2) is 36.1 Å². The Balaban J connectivity index is 2.32. The molecular weight excluding hydrogens is 232 g/mol. The van der Waals surface area contributed by atoms with E-state index in [1.54, 1.807) is 6.42 Å². The molecule has 0 aromatic rings. The van der Waals surface area contributed by atoms with Crippen LogP contribution >= 0.6 is 0 Å². The molecule has 0 aromatic heterocycles. The lowest BCUT2D eigenvalue weighted by atomic mass is 9.98. The molecule has 1 radical (unpaired) electrons. The van der Waals surface area contributed by atoms with E-state index in [4.69, 9.17) is 0 Å². The predicted molar refractivity (Wildman–Crippen MR) is 68.5 cm³/mol. The SMILES string of the molecule is CC(C)C[CH]C(=O)N[C@H](CO)C[C@@H]1CCNC1=O. The van der Waals surface area contributed by atoms with Crippen LogP contribution in [0.25, 0.3) is 0 Å². The largest absolute Gasteiger partial charge is 0.394 e. The maximum atomic E-state index is 11.6. The fraction of sp³-hybridized carbons (Fsp3) is 0.769. The van der Waals surface area contributed by atoms with E-state index < -0.39 is 0 Å². The number of carbonyl (C=O) groups excluding carboxylic acids is 2. The third-order valence-corrected chi connectivity index (χ3v) is 3.07. The maximum Gasteiger partial charge on any atom is 0.224 e. The third kappa shape index (κ3) is 5.04. The monoisotopic (exact) mass is 255 g/mol. The van der Waals surface area contributed by atoms with Gasteiger partial charge >= 0.3 is 0 Å². The summed E-state index contributed by atoms with van der Waals surface area (Å²) in [5.74, 6) is 0.200. The molecule has 0 spiro atoms. The molecule has 2 atom stereocenters. The highest BCUT2D eigenvalue weighted by Gasteiger charge is 2.27. The van der Waals surface area contributed by atoms with Crippen molar-refractivity contribution >= 4 is 11.8 Å². The summed E-state index contributed by atoms with van der Waals surface area (Å²) >= 11 is 0. The summed E-state index contributed by atoms with van der Waals surface area (Å²) in [5, 5.41) is 14.7. The van der Waals surface area contributed by atoms with Gasteiger partial charge in [-0.2, -0.15) is 0 Å². The summed E-state index contributed by atoms with van der Waals surface area (Å²) in [4.78, 5) is 23.0. The standard InChI is InChI=1S/C13H23N2O3/c1-9(2)3-4-12(17)15-11(8-16)7-10-5-6-14-13(10)18/h4,9-11,16H,3,5-8H2,1-2H3,(H,14,18)(H,15,17)/t10-,11-/m0/s1. The molecule has 0 unspecified atom stereocenters. The van der Waals surface area contributed by atoms with Crippen molar-refractivity contribution in [3.8, 4) is 0 Å². The minimum atomic E-state index is -0.338. The van der Waals surface area contributed by atoms with Crippen LogP contribution in [0, 0.1) is 18.3 Å². The van der Waals surface area contributed by atoms with E-state index in [9.17, 15) is 14.7 Å². The van der Waals surface area contributed by atoms with Gasteiger partial charge in [0.05, 0.1) is 12.6 Å². The van der Waals surface area contributed by atoms with E-state index in [2.05, 4.69) is 10.6 Å². The van der Waals surface area contributed by atoms with E-state index in [0.29, 0.717) is 25.3 Å². The molecule has 5 heteroatoms. The first-order valence-electron chi connectivity index (χ1n) is 6.55. The number of aliphatic hydroxyl groups is 1. The molecule has 1 fully saturated rings.